The highest BCUT2D eigenvalue weighted by Crippen LogP contribution is 2.31. The van der Waals surface area contributed by atoms with Crippen molar-refractivity contribution in [2.24, 2.45) is 5.92 Å². The first-order chi connectivity index (χ1) is 8.70. The lowest BCUT2D eigenvalue weighted by Crippen LogP contribution is -2.14. The zero-order valence-corrected chi connectivity index (χ0v) is 10.6. The lowest BCUT2D eigenvalue weighted by Gasteiger charge is -2.07. The minimum absolute atomic E-state index is 0.0301. The minimum Gasteiger partial charge on any atom is -0.395 e. The summed E-state index contributed by atoms with van der Waals surface area (Å²) in [6.45, 7) is 0.0321. The molecule has 0 spiro atoms. The number of rotatable bonds is 3. The van der Waals surface area contributed by atoms with Crippen LogP contribution < -0.4 is 5.32 Å². The number of halogens is 1. The van der Waals surface area contributed by atoms with Gasteiger partial charge < -0.3 is 10.4 Å². The summed E-state index contributed by atoms with van der Waals surface area (Å²) >= 11 is 5.92. The van der Waals surface area contributed by atoms with Gasteiger partial charge in [0.25, 0.3) is 0 Å². The van der Waals surface area contributed by atoms with E-state index in [1.165, 1.54) is 0 Å². The van der Waals surface area contributed by atoms with Crippen molar-refractivity contribution in [2.45, 2.75) is 19.3 Å². The molecule has 0 heterocycles. The van der Waals surface area contributed by atoms with Gasteiger partial charge in [-0.15, -0.1) is 0 Å². The second kappa shape index (κ2) is 5.90. The number of hydrogen-bond acceptors (Lipinski definition) is 2. The van der Waals surface area contributed by atoms with Crippen molar-refractivity contribution in [1.29, 1.82) is 0 Å². The van der Waals surface area contributed by atoms with Gasteiger partial charge in [-0.25, -0.2) is 0 Å². The van der Waals surface area contributed by atoms with Crippen LogP contribution in [0, 0.1) is 17.8 Å². The van der Waals surface area contributed by atoms with Crippen LogP contribution in [-0.2, 0) is 4.79 Å². The molecule has 0 aromatic heterocycles. The Morgan fingerprint density at radius 2 is 2.28 bits per heavy atom. The Morgan fingerprint density at radius 1 is 1.50 bits per heavy atom. The second-order valence-electron chi connectivity index (χ2n) is 4.23. The van der Waals surface area contributed by atoms with E-state index in [2.05, 4.69) is 17.2 Å². The maximum Gasteiger partial charge on any atom is 0.227 e. The van der Waals surface area contributed by atoms with Crippen molar-refractivity contribution in [3.8, 4) is 11.8 Å². The Balaban J connectivity index is 2.17. The number of amides is 1. The van der Waals surface area contributed by atoms with Crippen molar-refractivity contribution in [1.82, 2.24) is 0 Å². The van der Waals surface area contributed by atoms with Crippen molar-refractivity contribution < 1.29 is 9.90 Å². The zero-order chi connectivity index (χ0) is 13.0. The molecule has 1 aliphatic carbocycles. The number of nitrogens with one attached hydrogen (secondary N) is 1. The second-order valence-corrected chi connectivity index (χ2v) is 4.67. The van der Waals surface area contributed by atoms with E-state index in [4.69, 9.17) is 16.7 Å². The van der Waals surface area contributed by atoms with Crippen molar-refractivity contribution in [3.63, 3.8) is 0 Å². The third-order valence-corrected chi connectivity index (χ3v) is 2.88. The Morgan fingerprint density at radius 3 is 2.94 bits per heavy atom. The highest BCUT2D eigenvalue weighted by atomic mass is 35.5. The maximum absolute atomic E-state index is 11.7. The van der Waals surface area contributed by atoms with E-state index in [1.54, 1.807) is 18.2 Å². The van der Waals surface area contributed by atoms with Gasteiger partial charge in [0.1, 0.15) is 0 Å². The molecule has 1 aromatic carbocycles. The molecule has 1 aromatic rings. The third-order valence-electron chi connectivity index (χ3n) is 2.65. The molecule has 4 heteroatoms. The number of aliphatic hydroxyl groups is 1. The van der Waals surface area contributed by atoms with Gasteiger partial charge in [0.05, 0.1) is 12.3 Å². The fraction of sp³-hybridized carbons (Fsp3) is 0.357. The minimum atomic E-state index is 0.0301. The molecule has 18 heavy (non-hydrogen) atoms. The molecule has 1 fully saturated rings. The molecule has 0 aliphatic heterocycles. The van der Waals surface area contributed by atoms with Crippen LogP contribution in [0.3, 0.4) is 0 Å². The Hall–Kier alpha value is -1.50. The average Bonchev–Trinajstić information content (AvgIpc) is 3.16. The van der Waals surface area contributed by atoms with E-state index in [0.717, 1.165) is 18.4 Å². The van der Waals surface area contributed by atoms with E-state index in [-0.39, 0.29) is 18.4 Å². The van der Waals surface area contributed by atoms with Crippen molar-refractivity contribution in [3.05, 3.63) is 28.8 Å². The summed E-state index contributed by atoms with van der Waals surface area (Å²) in [6, 6.07) is 5.21. The number of aliphatic hydroxyl groups excluding tert-OH is 1. The van der Waals surface area contributed by atoms with Gasteiger partial charge in [0.15, 0.2) is 0 Å². The van der Waals surface area contributed by atoms with Crippen LogP contribution in [0.15, 0.2) is 18.2 Å². The van der Waals surface area contributed by atoms with Crippen LogP contribution in [0.4, 0.5) is 5.69 Å². The molecule has 0 unspecified atom stereocenters. The lowest BCUT2D eigenvalue weighted by atomic mass is 10.1. The molecule has 1 amide bonds. The number of hydrogen-bond donors (Lipinski definition) is 2. The molecule has 1 saturated carbocycles. The van der Waals surface area contributed by atoms with Crippen LogP contribution in [0.5, 0.6) is 0 Å². The molecule has 0 atom stereocenters. The normalized spacial score (nSPS) is 13.7. The smallest absolute Gasteiger partial charge is 0.227 e. The Kier molecular flexibility index (Phi) is 4.24. The van der Waals surface area contributed by atoms with Gasteiger partial charge >= 0.3 is 0 Å². The largest absolute Gasteiger partial charge is 0.395 e. The van der Waals surface area contributed by atoms with Gasteiger partial charge in [-0.2, -0.15) is 0 Å². The molecule has 94 valence electrons. The summed E-state index contributed by atoms with van der Waals surface area (Å²) in [7, 11) is 0. The van der Waals surface area contributed by atoms with E-state index in [9.17, 15) is 4.79 Å². The molecule has 1 aliphatic rings. The molecule has 2 N–H and O–H groups in total. The van der Waals surface area contributed by atoms with Gasteiger partial charge in [-0.1, -0.05) is 23.4 Å². The quantitative estimate of drug-likeness (QED) is 0.823. The van der Waals surface area contributed by atoms with E-state index < -0.39 is 0 Å². The average molecular weight is 264 g/mol. The number of benzene rings is 1. The van der Waals surface area contributed by atoms with Crippen LogP contribution >= 0.6 is 11.6 Å². The van der Waals surface area contributed by atoms with Gasteiger partial charge in [-0.3, -0.25) is 4.79 Å². The summed E-state index contributed by atoms with van der Waals surface area (Å²) in [5, 5.41) is 12.1. The van der Waals surface area contributed by atoms with Crippen molar-refractivity contribution >= 4 is 23.2 Å². The topological polar surface area (TPSA) is 49.3 Å². The maximum atomic E-state index is 11.7. The Labute approximate surface area is 111 Å². The highest BCUT2D eigenvalue weighted by Gasteiger charge is 2.29. The van der Waals surface area contributed by atoms with Crippen LogP contribution in [0.2, 0.25) is 5.02 Å². The summed E-state index contributed by atoms with van der Waals surface area (Å²) in [4.78, 5) is 11.7. The van der Waals surface area contributed by atoms with E-state index in [0.29, 0.717) is 17.1 Å². The molecule has 2 rings (SSSR count). The van der Waals surface area contributed by atoms with Gasteiger partial charge in [0, 0.05) is 22.9 Å². The number of carbonyl (C=O) groups excluding carboxylic acids is 1. The molecule has 3 nitrogen and oxygen atoms in total. The fourth-order valence-electron chi connectivity index (χ4n) is 1.52. The first-order valence-electron chi connectivity index (χ1n) is 5.91. The van der Waals surface area contributed by atoms with E-state index >= 15 is 0 Å². The van der Waals surface area contributed by atoms with Crippen molar-refractivity contribution in [2.75, 3.05) is 11.9 Å². The molecular formula is C14H14ClNO2. The number of anilines is 1. The summed E-state index contributed by atoms with van der Waals surface area (Å²) in [5.41, 5.74) is 1.37. The fourth-order valence-corrected chi connectivity index (χ4v) is 1.69. The third kappa shape index (κ3) is 3.49. The standard InChI is InChI=1S/C14H14ClNO2/c15-12-7-6-10(3-1-2-8-17)13(9-12)16-14(18)11-4-5-11/h6-7,9,11,17H,2,4-5,8H2,(H,16,18). The summed E-state index contributed by atoms with van der Waals surface area (Å²) in [5.74, 6) is 5.93. The molecular weight excluding hydrogens is 250 g/mol. The van der Waals surface area contributed by atoms with Crippen LogP contribution in [0.1, 0.15) is 24.8 Å². The van der Waals surface area contributed by atoms with Gasteiger partial charge in [0.2, 0.25) is 5.91 Å². The van der Waals surface area contributed by atoms with Crippen LogP contribution in [-0.4, -0.2) is 17.6 Å². The highest BCUT2D eigenvalue weighted by molar-refractivity contribution is 6.31. The first kappa shape index (κ1) is 12.9. The monoisotopic (exact) mass is 263 g/mol. The molecule has 0 radical (unpaired) electrons. The molecule has 0 bridgehead atoms. The number of carbonyl (C=O) groups is 1. The predicted octanol–water partition coefficient (Wildman–Crippen LogP) is 2.42. The zero-order valence-electron chi connectivity index (χ0n) is 9.87. The molecule has 0 saturated heterocycles. The predicted molar refractivity (Wildman–Crippen MR) is 71.4 cm³/mol. The first-order valence-corrected chi connectivity index (χ1v) is 6.28. The van der Waals surface area contributed by atoms with Gasteiger partial charge in [-0.05, 0) is 31.0 Å². The van der Waals surface area contributed by atoms with E-state index in [1.807, 2.05) is 0 Å². The van der Waals surface area contributed by atoms with Crippen LogP contribution in [0.25, 0.3) is 0 Å². The lowest BCUT2D eigenvalue weighted by molar-refractivity contribution is -0.117. The summed E-state index contributed by atoms with van der Waals surface area (Å²) < 4.78 is 0. The summed E-state index contributed by atoms with van der Waals surface area (Å²) in [6.07, 6.45) is 2.33. The SMILES string of the molecule is O=C(Nc1cc(Cl)ccc1C#CCCO)C1CC1. The Bertz CT molecular complexity index is 512.